The Bertz CT molecular complexity index is 966. The fourth-order valence-corrected chi connectivity index (χ4v) is 4.95. The number of hydrogen-bond acceptors (Lipinski definition) is 4. The van der Waals surface area contributed by atoms with E-state index in [0.29, 0.717) is 29.6 Å². The number of benzene rings is 2. The Morgan fingerprint density at radius 2 is 1.96 bits per heavy atom. The van der Waals surface area contributed by atoms with Crippen LogP contribution in [-0.4, -0.2) is 38.8 Å². The Hall–Kier alpha value is -1.97. The minimum Gasteiger partial charge on any atom is -0.497 e. The average molecular weight is 471 g/mol. The van der Waals surface area contributed by atoms with Gasteiger partial charge in [-0.25, -0.2) is 12.8 Å². The standard InChI is InChI=1S/C19H20BrFN2O4S/c1-27-15-5-7-16(8-6-15)28(25,26)23-10-2-3-13(12-23)19(24)22-18-9-4-14(20)11-17(18)21/h4-9,11,13H,2-3,10,12H2,1H3,(H,22,24)/t13-/m0/s1. The number of hydrogen-bond donors (Lipinski definition) is 1. The molecule has 28 heavy (non-hydrogen) atoms. The molecule has 1 N–H and O–H groups in total. The molecule has 1 amide bonds. The first kappa shape index (κ1) is 20.8. The fourth-order valence-electron chi connectivity index (χ4n) is 3.10. The van der Waals surface area contributed by atoms with Gasteiger partial charge >= 0.3 is 0 Å². The van der Waals surface area contributed by atoms with Crippen molar-refractivity contribution in [2.45, 2.75) is 17.7 Å². The van der Waals surface area contributed by atoms with Crippen LogP contribution in [0.5, 0.6) is 5.75 Å². The van der Waals surface area contributed by atoms with Crippen LogP contribution in [0.25, 0.3) is 0 Å². The molecule has 6 nitrogen and oxygen atoms in total. The molecule has 0 radical (unpaired) electrons. The number of nitrogens with one attached hydrogen (secondary N) is 1. The van der Waals surface area contributed by atoms with Crippen LogP contribution in [0.3, 0.4) is 0 Å². The number of carbonyl (C=O) groups excluding carboxylic acids is 1. The highest BCUT2D eigenvalue weighted by Crippen LogP contribution is 2.27. The molecule has 0 aromatic heterocycles. The van der Waals surface area contributed by atoms with Gasteiger partial charge in [0.25, 0.3) is 0 Å². The minimum atomic E-state index is -3.72. The van der Waals surface area contributed by atoms with Crippen LogP contribution in [0.15, 0.2) is 51.8 Å². The lowest BCUT2D eigenvalue weighted by Gasteiger charge is -2.31. The molecule has 2 aromatic carbocycles. The van der Waals surface area contributed by atoms with Crippen molar-refractivity contribution >= 4 is 37.5 Å². The van der Waals surface area contributed by atoms with E-state index >= 15 is 0 Å². The number of piperidine rings is 1. The Kier molecular flexibility index (Phi) is 6.36. The molecule has 1 heterocycles. The maximum absolute atomic E-state index is 14.0. The molecule has 1 atom stereocenters. The molecule has 1 aliphatic rings. The van der Waals surface area contributed by atoms with E-state index < -0.39 is 27.7 Å². The number of rotatable bonds is 5. The van der Waals surface area contributed by atoms with Gasteiger partial charge in [-0.15, -0.1) is 0 Å². The van der Waals surface area contributed by atoms with Gasteiger partial charge in [0, 0.05) is 17.6 Å². The Balaban J connectivity index is 1.72. The molecule has 1 saturated heterocycles. The van der Waals surface area contributed by atoms with E-state index in [1.165, 1.54) is 35.7 Å². The topological polar surface area (TPSA) is 75.7 Å². The van der Waals surface area contributed by atoms with Crippen LogP contribution in [0, 0.1) is 11.7 Å². The van der Waals surface area contributed by atoms with Gasteiger partial charge in [-0.05, 0) is 55.3 Å². The van der Waals surface area contributed by atoms with Gasteiger partial charge in [0.2, 0.25) is 15.9 Å². The van der Waals surface area contributed by atoms with E-state index in [9.17, 15) is 17.6 Å². The highest BCUT2D eigenvalue weighted by Gasteiger charge is 2.33. The number of ether oxygens (including phenoxy) is 1. The number of carbonyl (C=O) groups is 1. The van der Waals surface area contributed by atoms with Gasteiger partial charge in [0.05, 0.1) is 23.6 Å². The smallest absolute Gasteiger partial charge is 0.243 e. The molecule has 9 heteroatoms. The molecule has 2 aromatic rings. The number of anilines is 1. The normalized spacial score (nSPS) is 17.9. The predicted molar refractivity (Wildman–Crippen MR) is 107 cm³/mol. The summed E-state index contributed by atoms with van der Waals surface area (Å²) in [6.07, 6.45) is 1.09. The molecule has 0 unspecified atom stereocenters. The van der Waals surface area contributed by atoms with Crippen LogP contribution in [0.4, 0.5) is 10.1 Å². The highest BCUT2D eigenvalue weighted by molar-refractivity contribution is 9.10. The maximum atomic E-state index is 14.0. The van der Waals surface area contributed by atoms with Gasteiger partial charge < -0.3 is 10.1 Å². The first-order valence-corrected chi connectivity index (χ1v) is 10.9. The lowest BCUT2D eigenvalue weighted by atomic mass is 9.98. The van der Waals surface area contributed by atoms with Gasteiger partial charge in [-0.3, -0.25) is 4.79 Å². The number of amides is 1. The molecular weight excluding hydrogens is 451 g/mol. The highest BCUT2D eigenvalue weighted by atomic mass is 79.9. The van der Waals surface area contributed by atoms with Crippen molar-refractivity contribution in [3.05, 3.63) is 52.8 Å². The zero-order valence-electron chi connectivity index (χ0n) is 15.2. The minimum absolute atomic E-state index is 0.0539. The summed E-state index contributed by atoms with van der Waals surface area (Å²) in [5, 5.41) is 2.56. The Morgan fingerprint density at radius 1 is 1.25 bits per heavy atom. The van der Waals surface area contributed by atoms with E-state index in [1.54, 1.807) is 18.2 Å². The molecule has 0 bridgehead atoms. The monoisotopic (exact) mass is 470 g/mol. The zero-order chi connectivity index (χ0) is 20.3. The largest absolute Gasteiger partial charge is 0.497 e. The van der Waals surface area contributed by atoms with Gasteiger partial charge in [0.1, 0.15) is 11.6 Å². The Morgan fingerprint density at radius 3 is 2.61 bits per heavy atom. The van der Waals surface area contributed by atoms with Crippen LogP contribution < -0.4 is 10.1 Å². The summed E-state index contributed by atoms with van der Waals surface area (Å²) in [6, 6.07) is 10.5. The molecular formula is C19H20BrFN2O4S. The van der Waals surface area contributed by atoms with E-state index in [1.807, 2.05) is 0 Å². The van der Waals surface area contributed by atoms with Crippen molar-refractivity contribution in [1.29, 1.82) is 0 Å². The van der Waals surface area contributed by atoms with Crippen LogP contribution in [-0.2, 0) is 14.8 Å². The molecule has 3 rings (SSSR count). The molecule has 1 aliphatic heterocycles. The van der Waals surface area contributed by atoms with Crippen LogP contribution >= 0.6 is 15.9 Å². The van der Waals surface area contributed by atoms with E-state index in [4.69, 9.17) is 4.74 Å². The molecule has 0 saturated carbocycles. The second-order valence-electron chi connectivity index (χ2n) is 6.49. The maximum Gasteiger partial charge on any atom is 0.243 e. The third-order valence-electron chi connectivity index (χ3n) is 4.64. The van der Waals surface area contributed by atoms with Crippen molar-refractivity contribution in [3.8, 4) is 5.75 Å². The number of nitrogens with zero attached hydrogens (tertiary/aromatic N) is 1. The summed E-state index contributed by atoms with van der Waals surface area (Å²) in [6.45, 7) is 0.392. The summed E-state index contributed by atoms with van der Waals surface area (Å²) in [4.78, 5) is 12.7. The zero-order valence-corrected chi connectivity index (χ0v) is 17.6. The predicted octanol–water partition coefficient (Wildman–Crippen LogP) is 3.64. The fraction of sp³-hybridized carbons (Fsp3) is 0.316. The Labute approximate surface area is 171 Å². The second kappa shape index (κ2) is 8.59. The molecule has 150 valence electrons. The lowest BCUT2D eigenvalue weighted by Crippen LogP contribution is -2.43. The third-order valence-corrected chi connectivity index (χ3v) is 7.01. The van der Waals surface area contributed by atoms with Crippen molar-refractivity contribution in [1.82, 2.24) is 4.31 Å². The first-order valence-electron chi connectivity index (χ1n) is 8.71. The van der Waals surface area contributed by atoms with Gasteiger partial charge in [-0.1, -0.05) is 15.9 Å². The summed E-state index contributed by atoms with van der Waals surface area (Å²) < 4.78 is 46.7. The third kappa shape index (κ3) is 4.53. The van der Waals surface area contributed by atoms with Crippen LogP contribution in [0.2, 0.25) is 0 Å². The van der Waals surface area contributed by atoms with E-state index in [-0.39, 0.29) is 17.1 Å². The van der Waals surface area contributed by atoms with Crippen molar-refractivity contribution in [2.75, 3.05) is 25.5 Å². The summed E-state index contributed by atoms with van der Waals surface area (Å²) in [5.41, 5.74) is 0.0725. The first-order chi connectivity index (χ1) is 13.3. The molecule has 1 fully saturated rings. The average Bonchev–Trinajstić information content (AvgIpc) is 2.70. The van der Waals surface area contributed by atoms with Crippen molar-refractivity contribution in [2.24, 2.45) is 5.92 Å². The van der Waals surface area contributed by atoms with E-state index in [2.05, 4.69) is 21.2 Å². The number of methoxy groups -OCH3 is 1. The van der Waals surface area contributed by atoms with Gasteiger partial charge in [-0.2, -0.15) is 4.31 Å². The van der Waals surface area contributed by atoms with E-state index in [0.717, 1.165) is 0 Å². The lowest BCUT2D eigenvalue weighted by molar-refractivity contribution is -0.120. The SMILES string of the molecule is COc1ccc(S(=O)(=O)N2CCC[C@H](C(=O)Nc3ccc(Br)cc3F)C2)cc1. The number of sulfonamides is 1. The second-order valence-corrected chi connectivity index (χ2v) is 9.34. The molecule has 0 aliphatic carbocycles. The van der Waals surface area contributed by atoms with Crippen molar-refractivity contribution in [3.63, 3.8) is 0 Å². The quantitative estimate of drug-likeness (QED) is 0.723. The van der Waals surface area contributed by atoms with Crippen LogP contribution in [0.1, 0.15) is 12.8 Å². The summed E-state index contributed by atoms with van der Waals surface area (Å²) in [7, 11) is -2.22. The van der Waals surface area contributed by atoms with Crippen molar-refractivity contribution < 1.29 is 22.3 Å². The molecule has 0 spiro atoms. The summed E-state index contributed by atoms with van der Waals surface area (Å²) >= 11 is 3.17. The number of halogens is 2. The summed E-state index contributed by atoms with van der Waals surface area (Å²) in [5.74, 6) is -0.937. The van der Waals surface area contributed by atoms with Gasteiger partial charge in [0.15, 0.2) is 0 Å².